The molecule has 3 N–H and O–H groups in total. The minimum absolute atomic E-state index is 0.0504. The average Bonchev–Trinajstić information content (AvgIpc) is 2.44. The monoisotopic (exact) mass is 328 g/mol. The Hall–Kier alpha value is -2.09. The molecule has 1 atom stereocenters. The van der Waals surface area contributed by atoms with Gasteiger partial charge in [-0.25, -0.2) is 13.2 Å². The summed E-state index contributed by atoms with van der Waals surface area (Å²) < 4.78 is 27.0. The van der Waals surface area contributed by atoms with Crippen LogP contribution in [-0.2, 0) is 19.4 Å². The first-order valence-electron chi connectivity index (χ1n) is 6.56. The fraction of sp³-hybridized carbons (Fsp3) is 0.429. The molecule has 1 rings (SSSR count). The smallest absolute Gasteiger partial charge is 0.328 e. The molecule has 8 heteroatoms. The number of methoxy groups -OCH3 is 1. The van der Waals surface area contributed by atoms with Gasteiger partial charge in [0.2, 0.25) is 0 Å². The lowest BCUT2D eigenvalue weighted by atomic mass is 10.1. The number of hydrogen-bond acceptors (Lipinski definition) is 6. The number of hydrogen-bond donors (Lipinski definition) is 2. The lowest BCUT2D eigenvalue weighted by Gasteiger charge is -2.16. The molecule has 0 unspecified atom stereocenters. The van der Waals surface area contributed by atoms with Crippen molar-refractivity contribution in [3.8, 4) is 0 Å². The van der Waals surface area contributed by atoms with Crippen molar-refractivity contribution < 1.29 is 22.7 Å². The van der Waals surface area contributed by atoms with Crippen LogP contribution in [0.25, 0.3) is 0 Å². The standard InChI is InChI=1S/C14H20N2O5S/c1-9-8-10(4-5-11(9)15)13(17)16-12(14(18)21-2)6-7-22(3,19)20/h4-5,8,12H,6-7,15H2,1-3H3,(H,16,17)/t12-/m0/s1. The molecule has 0 bridgehead atoms. The predicted molar refractivity (Wildman–Crippen MR) is 83.2 cm³/mol. The third-order valence-corrected chi connectivity index (χ3v) is 4.08. The van der Waals surface area contributed by atoms with Crippen LogP contribution in [0.1, 0.15) is 22.3 Å². The number of rotatable bonds is 6. The molecule has 1 amide bonds. The molecule has 0 aromatic heterocycles. The van der Waals surface area contributed by atoms with Crippen LogP contribution in [0.2, 0.25) is 0 Å². The van der Waals surface area contributed by atoms with Gasteiger partial charge in [0.25, 0.3) is 5.91 Å². The molecule has 22 heavy (non-hydrogen) atoms. The number of carbonyl (C=O) groups is 2. The number of nitrogens with two attached hydrogens (primary N) is 1. The maximum absolute atomic E-state index is 12.2. The number of amides is 1. The van der Waals surface area contributed by atoms with Gasteiger partial charge in [-0.15, -0.1) is 0 Å². The molecule has 0 saturated carbocycles. The Bertz CT molecular complexity index is 670. The largest absolute Gasteiger partial charge is 0.467 e. The van der Waals surface area contributed by atoms with E-state index in [0.717, 1.165) is 11.8 Å². The van der Waals surface area contributed by atoms with Gasteiger partial charge in [-0.05, 0) is 37.1 Å². The zero-order valence-corrected chi connectivity index (χ0v) is 13.6. The van der Waals surface area contributed by atoms with Crippen LogP contribution in [0.3, 0.4) is 0 Å². The third kappa shape index (κ3) is 5.36. The van der Waals surface area contributed by atoms with Gasteiger partial charge in [0, 0.05) is 17.5 Å². The molecular formula is C14H20N2O5S. The third-order valence-electron chi connectivity index (χ3n) is 3.10. The number of esters is 1. The maximum atomic E-state index is 12.2. The number of anilines is 1. The Labute approximate surface area is 129 Å². The van der Waals surface area contributed by atoms with Gasteiger partial charge >= 0.3 is 5.97 Å². The molecule has 1 aromatic carbocycles. The SMILES string of the molecule is COC(=O)[C@H](CCS(C)(=O)=O)NC(=O)c1ccc(N)c(C)c1. The van der Waals surface area contributed by atoms with Crippen molar-refractivity contribution in [3.63, 3.8) is 0 Å². The van der Waals surface area contributed by atoms with E-state index in [4.69, 9.17) is 5.73 Å². The lowest BCUT2D eigenvalue weighted by Crippen LogP contribution is -2.42. The van der Waals surface area contributed by atoms with E-state index in [1.807, 2.05) is 0 Å². The number of ether oxygens (including phenoxy) is 1. The Morgan fingerprint density at radius 2 is 2.00 bits per heavy atom. The van der Waals surface area contributed by atoms with Crippen LogP contribution >= 0.6 is 0 Å². The van der Waals surface area contributed by atoms with E-state index in [1.54, 1.807) is 19.1 Å². The highest BCUT2D eigenvalue weighted by atomic mass is 32.2. The van der Waals surface area contributed by atoms with Crippen molar-refractivity contribution in [2.45, 2.75) is 19.4 Å². The van der Waals surface area contributed by atoms with E-state index >= 15 is 0 Å². The first-order chi connectivity index (χ1) is 10.1. The summed E-state index contributed by atoms with van der Waals surface area (Å²) in [6.45, 7) is 1.76. The molecule has 122 valence electrons. The number of nitrogen functional groups attached to an aromatic ring is 1. The summed E-state index contributed by atoms with van der Waals surface area (Å²) in [4.78, 5) is 23.8. The minimum Gasteiger partial charge on any atom is -0.467 e. The van der Waals surface area contributed by atoms with Gasteiger partial charge in [-0.2, -0.15) is 0 Å². The van der Waals surface area contributed by atoms with Gasteiger partial charge in [-0.1, -0.05) is 0 Å². The molecule has 0 saturated heterocycles. The van der Waals surface area contributed by atoms with Gasteiger partial charge in [0.1, 0.15) is 15.9 Å². The second-order valence-electron chi connectivity index (χ2n) is 5.04. The molecule has 0 heterocycles. The molecular weight excluding hydrogens is 308 g/mol. The van der Waals surface area contributed by atoms with E-state index < -0.39 is 27.8 Å². The van der Waals surface area contributed by atoms with Crippen LogP contribution < -0.4 is 11.1 Å². The number of aryl methyl sites for hydroxylation is 1. The van der Waals surface area contributed by atoms with Crippen LogP contribution in [-0.4, -0.2) is 45.5 Å². The van der Waals surface area contributed by atoms with Crippen molar-refractivity contribution in [3.05, 3.63) is 29.3 Å². The Balaban J connectivity index is 2.86. The zero-order valence-electron chi connectivity index (χ0n) is 12.8. The van der Waals surface area contributed by atoms with Crippen molar-refractivity contribution in [1.29, 1.82) is 0 Å². The first-order valence-corrected chi connectivity index (χ1v) is 8.62. The fourth-order valence-electron chi connectivity index (χ4n) is 1.78. The fourth-order valence-corrected chi connectivity index (χ4v) is 2.45. The normalized spacial score (nSPS) is 12.5. The molecule has 7 nitrogen and oxygen atoms in total. The summed E-state index contributed by atoms with van der Waals surface area (Å²) in [7, 11) is -2.07. The highest BCUT2D eigenvalue weighted by Gasteiger charge is 2.23. The molecule has 0 aliphatic carbocycles. The van der Waals surface area contributed by atoms with Crippen molar-refractivity contribution >= 4 is 27.4 Å². The van der Waals surface area contributed by atoms with Gasteiger partial charge in [0.05, 0.1) is 12.9 Å². The Morgan fingerprint density at radius 3 is 2.50 bits per heavy atom. The van der Waals surface area contributed by atoms with Crippen LogP contribution in [0.4, 0.5) is 5.69 Å². The number of benzene rings is 1. The summed E-state index contributed by atoms with van der Waals surface area (Å²) in [5.41, 5.74) is 7.30. The molecule has 0 aliphatic rings. The molecule has 1 aromatic rings. The quantitative estimate of drug-likeness (QED) is 0.572. The highest BCUT2D eigenvalue weighted by molar-refractivity contribution is 7.90. The maximum Gasteiger partial charge on any atom is 0.328 e. The summed E-state index contributed by atoms with van der Waals surface area (Å²) in [6.07, 6.45) is 1.01. The van der Waals surface area contributed by atoms with E-state index in [-0.39, 0.29) is 12.2 Å². The average molecular weight is 328 g/mol. The topological polar surface area (TPSA) is 116 Å². The second-order valence-corrected chi connectivity index (χ2v) is 7.30. The van der Waals surface area contributed by atoms with Crippen molar-refractivity contribution in [2.75, 3.05) is 24.9 Å². The number of carbonyl (C=O) groups excluding carboxylic acids is 2. The van der Waals surface area contributed by atoms with Gasteiger partial charge in [-0.3, -0.25) is 4.79 Å². The number of sulfone groups is 1. The van der Waals surface area contributed by atoms with E-state index in [1.165, 1.54) is 13.2 Å². The first kappa shape index (κ1) is 18.0. The van der Waals surface area contributed by atoms with Crippen molar-refractivity contribution in [2.24, 2.45) is 0 Å². The molecule has 0 radical (unpaired) electrons. The van der Waals surface area contributed by atoms with Crippen LogP contribution in [0.15, 0.2) is 18.2 Å². The Morgan fingerprint density at radius 1 is 1.36 bits per heavy atom. The molecule has 0 aliphatic heterocycles. The van der Waals surface area contributed by atoms with Crippen LogP contribution in [0, 0.1) is 6.92 Å². The second kappa shape index (κ2) is 7.26. The zero-order chi connectivity index (χ0) is 16.9. The van der Waals surface area contributed by atoms with E-state index in [0.29, 0.717) is 11.3 Å². The van der Waals surface area contributed by atoms with E-state index in [2.05, 4.69) is 10.1 Å². The molecule has 0 fully saturated rings. The highest BCUT2D eigenvalue weighted by Crippen LogP contribution is 2.13. The Kier molecular flexibility index (Phi) is 5.92. The minimum atomic E-state index is -3.25. The predicted octanol–water partition coefficient (Wildman–Crippen LogP) is 0.283. The van der Waals surface area contributed by atoms with E-state index in [9.17, 15) is 18.0 Å². The van der Waals surface area contributed by atoms with Gasteiger partial charge in [0.15, 0.2) is 0 Å². The summed E-state index contributed by atoms with van der Waals surface area (Å²) in [5, 5.41) is 2.48. The summed E-state index contributed by atoms with van der Waals surface area (Å²) in [5.74, 6) is -1.41. The van der Waals surface area contributed by atoms with Crippen molar-refractivity contribution in [1.82, 2.24) is 5.32 Å². The summed E-state index contributed by atoms with van der Waals surface area (Å²) in [6, 6.07) is 3.69. The summed E-state index contributed by atoms with van der Waals surface area (Å²) >= 11 is 0. The number of nitrogens with one attached hydrogen (secondary N) is 1. The van der Waals surface area contributed by atoms with Crippen LogP contribution in [0.5, 0.6) is 0 Å². The van der Waals surface area contributed by atoms with Gasteiger partial charge < -0.3 is 15.8 Å². The lowest BCUT2D eigenvalue weighted by molar-refractivity contribution is -0.142. The molecule has 0 spiro atoms.